The molecule has 2 aromatic rings. The molecular weight excluding hydrogens is 350 g/mol. The maximum absolute atomic E-state index is 11.4. The quantitative estimate of drug-likeness (QED) is 0.666. The molecule has 0 heterocycles. The van der Waals surface area contributed by atoms with E-state index in [-0.39, 0.29) is 11.8 Å². The first-order valence-electron chi connectivity index (χ1n) is 6.69. The van der Waals surface area contributed by atoms with Gasteiger partial charge in [-0.05, 0) is 65.7 Å². The second kappa shape index (κ2) is 6.63. The SMILES string of the molecule is CC(=O)c1ccc(N(C)C(C)c2ccc(Cl)cc2)c(Br)c1. The Balaban J connectivity index is 2.28. The van der Waals surface area contributed by atoms with Crippen LogP contribution in [0.5, 0.6) is 0 Å². The highest BCUT2D eigenvalue weighted by Crippen LogP contribution is 2.32. The van der Waals surface area contributed by atoms with E-state index in [1.807, 2.05) is 49.5 Å². The number of carbonyl (C=O) groups is 1. The smallest absolute Gasteiger partial charge is 0.159 e. The van der Waals surface area contributed by atoms with Gasteiger partial charge >= 0.3 is 0 Å². The van der Waals surface area contributed by atoms with Gasteiger partial charge in [0.2, 0.25) is 0 Å². The van der Waals surface area contributed by atoms with E-state index in [1.54, 1.807) is 6.92 Å². The standard InChI is InChI=1S/C17H17BrClNO/c1-11(13-4-7-15(19)8-5-13)20(3)17-9-6-14(12(2)21)10-16(17)18/h4-11H,1-3H3. The number of halogens is 2. The maximum atomic E-state index is 11.4. The summed E-state index contributed by atoms with van der Waals surface area (Å²) in [6.07, 6.45) is 0. The van der Waals surface area contributed by atoms with Gasteiger partial charge in [-0.2, -0.15) is 0 Å². The predicted molar refractivity (Wildman–Crippen MR) is 92.4 cm³/mol. The lowest BCUT2D eigenvalue weighted by molar-refractivity contribution is 0.101. The summed E-state index contributed by atoms with van der Waals surface area (Å²) in [6.45, 7) is 3.70. The molecule has 0 N–H and O–H groups in total. The van der Waals surface area contributed by atoms with Crippen molar-refractivity contribution >= 4 is 39.0 Å². The number of nitrogens with zero attached hydrogens (tertiary/aromatic N) is 1. The average molecular weight is 367 g/mol. The van der Waals surface area contributed by atoms with E-state index in [0.29, 0.717) is 5.56 Å². The summed E-state index contributed by atoms with van der Waals surface area (Å²) in [6, 6.07) is 13.7. The van der Waals surface area contributed by atoms with Gasteiger partial charge < -0.3 is 4.90 Å². The fraction of sp³-hybridized carbons (Fsp3) is 0.235. The zero-order chi connectivity index (χ0) is 15.6. The Kier molecular flexibility index (Phi) is 5.07. The molecule has 21 heavy (non-hydrogen) atoms. The van der Waals surface area contributed by atoms with Crippen LogP contribution in [-0.2, 0) is 0 Å². The van der Waals surface area contributed by atoms with Crippen LogP contribution in [0.2, 0.25) is 5.02 Å². The molecule has 0 aromatic heterocycles. The van der Waals surface area contributed by atoms with Gasteiger partial charge in [-0.1, -0.05) is 23.7 Å². The van der Waals surface area contributed by atoms with Crippen LogP contribution in [0.15, 0.2) is 46.9 Å². The molecule has 0 bridgehead atoms. The molecule has 110 valence electrons. The molecule has 1 unspecified atom stereocenters. The molecule has 4 heteroatoms. The van der Waals surface area contributed by atoms with Gasteiger partial charge in [-0.3, -0.25) is 4.79 Å². The van der Waals surface area contributed by atoms with Crippen LogP contribution in [0.4, 0.5) is 5.69 Å². The van der Waals surface area contributed by atoms with Gasteiger partial charge in [-0.15, -0.1) is 0 Å². The van der Waals surface area contributed by atoms with E-state index >= 15 is 0 Å². The highest BCUT2D eigenvalue weighted by molar-refractivity contribution is 9.10. The molecule has 0 fully saturated rings. The lowest BCUT2D eigenvalue weighted by Gasteiger charge is -2.28. The first kappa shape index (κ1) is 16.1. The molecule has 0 saturated carbocycles. The lowest BCUT2D eigenvalue weighted by Crippen LogP contribution is -2.22. The van der Waals surface area contributed by atoms with E-state index < -0.39 is 0 Å². The predicted octanol–water partition coefficient (Wildman–Crippen LogP) is 5.50. The van der Waals surface area contributed by atoms with Crippen molar-refractivity contribution in [2.75, 3.05) is 11.9 Å². The number of hydrogen-bond acceptors (Lipinski definition) is 2. The number of anilines is 1. The Morgan fingerprint density at radius 3 is 2.33 bits per heavy atom. The maximum Gasteiger partial charge on any atom is 0.159 e. The normalized spacial score (nSPS) is 12.0. The Bertz CT molecular complexity index is 654. The molecule has 2 aromatic carbocycles. The van der Waals surface area contributed by atoms with Crippen molar-refractivity contribution in [2.45, 2.75) is 19.9 Å². The van der Waals surface area contributed by atoms with Crippen molar-refractivity contribution < 1.29 is 4.79 Å². The Morgan fingerprint density at radius 1 is 1.19 bits per heavy atom. The molecule has 0 spiro atoms. The fourth-order valence-electron chi connectivity index (χ4n) is 2.19. The van der Waals surface area contributed by atoms with E-state index in [1.165, 1.54) is 5.56 Å². The van der Waals surface area contributed by atoms with Crippen LogP contribution in [0, 0.1) is 0 Å². The zero-order valence-corrected chi connectivity index (χ0v) is 14.6. The Labute approximate surface area is 138 Å². The Hall–Kier alpha value is -1.32. The number of carbonyl (C=O) groups excluding carboxylic acids is 1. The van der Waals surface area contributed by atoms with Crippen molar-refractivity contribution in [1.82, 2.24) is 0 Å². The minimum atomic E-state index is 0.0654. The summed E-state index contributed by atoms with van der Waals surface area (Å²) < 4.78 is 0.915. The van der Waals surface area contributed by atoms with Crippen LogP contribution in [0.25, 0.3) is 0 Å². The van der Waals surface area contributed by atoms with Gasteiger partial charge in [-0.25, -0.2) is 0 Å². The summed E-state index contributed by atoms with van der Waals surface area (Å²) >= 11 is 9.49. The third-order valence-corrected chi connectivity index (χ3v) is 4.55. The second-order valence-corrected chi connectivity index (χ2v) is 6.35. The number of Topliss-reactive ketones (excluding diaryl/α,β-unsaturated/α-hetero) is 1. The first-order chi connectivity index (χ1) is 9.90. The second-order valence-electron chi connectivity index (χ2n) is 5.06. The summed E-state index contributed by atoms with van der Waals surface area (Å²) in [7, 11) is 2.03. The Morgan fingerprint density at radius 2 is 1.81 bits per heavy atom. The first-order valence-corrected chi connectivity index (χ1v) is 7.86. The van der Waals surface area contributed by atoms with E-state index in [9.17, 15) is 4.79 Å². The number of rotatable bonds is 4. The summed E-state index contributed by atoms with van der Waals surface area (Å²) in [4.78, 5) is 13.6. The number of benzene rings is 2. The molecule has 2 nitrogen and oxygen atoms in total. The molecule has 2 rings (SSSR count). The summed E-state index contributed by atoms with van der Waals surface area (Å²) in [5.74, 6) is 0.0654. The molecule has 0 aliphatic rings. The monoisotopic (exact) mass is 365 g/mol. The molecule has 0 amide bonds. The molecule has 0 aliphatic carbocycles. The third kappa shape index (κ3) is 3.66. The van der Waals surface area contributed by atoms with Gasteiger partial charge in [0.15, 0.2) is 5.78 Å². The minimum Gasteiger partial charge on any atom is -0.367 e. The lowest BCUT2D eigenvalue weighted by atomic mass is 10.1. The van der Waals surface area contributed by atoms with Crippen molar-refractivity contribution in [3.63, 3.8) is 0 Å². The van der Waals surface area contributed by atoms with Gasteiger partial charge in [0, 0.05) is 22.1 Å². The third-order valence-electron chi connectivity index (χ3n) is 3.67. The largest absolute Gasteiger partial charge is 0.367 e. The topological polar surface area (TPSA) is 20.3 Å². The molecule has 0 aliphatic heterocycles. The summed E-state index contributed by atoms with van der Waals surface area (Å²) in [5, 5.41) is 0.737. The molecule has 0 saturated heterocycles. The van der Waals surface area contributed by atoms with Crippen LogP contribution in [0.1, 0.15) is 35.8 Å². The van der Waals surface area contributed by atoms with E-state index in [0.717, 1.165) is 15.2 Å². The van der Waals surface area contributed by atoms with Crippen LogP contribution in [-0.4, -0.2) is 12.8 Å². The van der Waals surface area contributed by atoms with Crippen LogP contribution in [0.3, 0.4) is 0 Å². The van der Waals surface area contributed by atoms with E-state index in [4.69, 9.17) is 11.6 Å². The van der Waals surface area contributed by atoms with Crippen molar-refractivity contribution in [3.8, 4) is 0 Å². The van der Waals surface area contributed by atoms with Crippen molar-refractivity contribution in [1.29, 1.82) is 0 Å². The minimum absolute atomic E-state index is 0.0654. The molecular formula is C17H17BrClNO. The van der Waals surface area contributed by atoms with E-state index in [2.05, 4.69) is 27.8 Å². The fourth-order valence-corrected chi connectivity index (χ4v) is 2.97. The number of hydrogen-bond donors (Lipinski definition) is 0. The van der Waals surface area contributed by atoms with Gasteiger partial charge in [0.25, 0.3) is 0 Å². The molecule has 0 radical (unpaired) electrons. The highest BCUT2D eigenvalue weighted by Gasteiger charge is 2.15. The zero-order valence-electron chi connectivity index (χ0n) is 12.2. The molecule has 1 atom stereocenters. The van der Waals surface area contributed by atoms with Crippen LogP contribution < -0.4 is 4.90 Å². The van der Waals surface area contributed by atoms with Crippen molar-refractivity contribution in [3.05, 3.63) is 63.1 Å². The van der Waals surface area contributed by atoms with Gasteiger partial charge in [0.05, 0.1) is 11.7 Å². The van der Waals surface area contributed by atoms with Gasteiger partial charge in [0.1, 0.15) is 0 Å². The summed E-state index contributed by atoms with van der Waals surface area (Å²) in [5.41, 5.74) is 2.94. The van der Waals surface area contributed by atoms with Crippen LogP contribution >= 0.6 is 27.5 Å². The number of ketones is 1. The average Bonchev–Trinajstić information content (AvgIpc) is 2.46. The highest BCUT2D eigenvalue weighted by atomic mass is 79.9. The van der Waals surface area contributed by atoms with Crippen molar-refractivity contribution in [2.24, 2.45) is 0 Å².